The number of allylic oxidation sites excluding steroid dienone is 1. The maximum absolute atomic E-state index is 15.4. The predicted octanol–water partition coefficient (Wildman–Crippen LogP) is 4.16. The van der Waals surface area contributed by atoms with E-state index in [-0.39, 0.29) is 17.6 Å². The van der Waals surface area contributed by atoms with Crippen LogP contribution in [-0.4, -0.2) is 33.6 Å². The molecule has 9 heteroatoms. The summed E-state index contributed by atoms with van der Waals surface area (Å²) in [6, 6.07) is 6.91. The summed E-state index contributed by atoms with van der Waals surface area (Å²) in [4.78, 5) is 32.1. The number of halogens is 1. The number of aryl methyl sites for hydroxylation is 1. The highest BCUT2D eigenvalue weighted by atomic mass is 19.1. The highest BCUT2D eigenvalue weighted by Gasteiger charge is 2.29. The monoisotopic (exact) mass is 438 g/mol. The van der Waals surface area contributed by atoms with Crippen LogP contribution in [0.1, 0.15) is 32.3 Å². The van der Waals surface area contributed by atoms with Crippen LogP contribution in [0.5, 0.6) is 5.88 Å². The second-order valence-corrected chi connectivity index (χ2v) is 7.76. The van der Waals surface area contributed by atoms with Crippen molar-refractivity contribution in [1.82, 2.24) is 19.9 Å². The molecule has 1 fully saturated rings. The lowest BCUT2D eigenvalue weighted by Gasteiger charge is -2.20. The van der Waals surface area contributed by atoms with Gasteiger partial charge in [0.1, 0.15) is 5.52 Å². The van der Waals surface area contributed by atoms with Gasteiger partial charge in [-0.2, -0.15) is 0 Å². The van der Waals surface area contributed by atoms with E-state index >= 15 is 4.39 Å². The number of carbonyl (C=O) groups is 2. The lowest BCUT2D eigenvalue weighted by atomic mass is 9.88. The Morgan fingerprint density at radius 3 is 2.66 bits per heavy atom. The Bertz CT molecular complexity index is 1250. The zero-order valence-corrected chi connectivity index (χ0v) is 18.2. The minimum absolute atomic E-state index is 0.0307. The number of hydrogen-bond acceptors (Lipinski definition) is 6. The number of hydrogen-bond donors (Lipinski definition) is 1. The number of aromatic nitrogens is 3. The number of nitrogens with one attached hydrogen (secondary N) is 1. The van der Waals surface area contributed by atoms with Crippen LogP contribution in [0.4, 0.5) is 9.18 Å². The first-order valence-electron chi connectivity index (χ1n) is 10.3. The van der Waals surface area contributed by atoms with E-state index in [2.05, 4.69) is 15.3 Å². The van der Waals surface area contributed by atoms with E-state index in [1.807, 2.05) is 20.8 Å². The van der Waals surface area contributed by atoms with Crippen molar-refractivity contribution in [2.45, 2.75) is 33.2 Å². The number of imide groups is 1. The Labute approximate surface area is 184 Å². The Hall–Kier alpha value is -3.75. The molecule has 3 heterocycles. The number of imidazole rings is 1. The van der Waals surface area contributed by atoms with Gasteiger partial charge in [-0.15, -0.1) is 0 Å². The van der Waals surface area contributed by atoms with Crippen molar-refractivity contribution in [3.05, 3.63) is 53.8 Å². The number of amides is 2. The second-order valence-electron chi connectivity index (χ2n) is 7.76. The average molecular weight is 438 g/mol. The summed E-state index contributed by atoms with van der Waals surface area (Å²) in [5, 5.41) is 2.09. The van der Waals surface area contributed by atoms with Crippen molar-refractivity contribution in [2.24, 2.45) is 5.92 Å². The molecule has 1 N–H and O–H groups in total. The maximum Gasteiger partial charge on any atom is 0.419 e. The van der Waals surface area contributed by atoms with E-state index in [4.69, 9.17) is 9.47 Å². The third-order valence-corrected chi connectivity index (χ3v) is 5.47. The predicted molar refractivity (Wildman–Crippen MR) is 115 cm³/mol. The average Bonchev–Trinajstić information content (AvgIpc) is 3.34. The number of methoxy groups -OCH3 is 1. The molecule has 166 valence electrons. The molecule has 0 spiro atoms. The molecule has 1 atom stereocenters. The van der Waals surface area contributed by atoms with Gasteiger partial charge in [0.15, 0.2) is 11.6 Å². The molecule has 1 aliphatic heterocycles. The molecule has 1 aromatic carbocycles. The number of benzene rings is 1. The maximum atomic E-state index is 15.4. The van der Waals surface area contributed by atoms with Crippen LogP contribution in [0.2, 0.25) is 0 Å². The number of ether oxygens (including phenoxy) is 2. The number of alkyl carbamates (subject to hydrolysis) is 1. The molecule has 2 amide bonds. The smallest absolute Gasteiger partial charge is 0.419 e. The van der Waals surface area contributed by atoms with E-state index in [0.29, 0.717) is 40.3 Å². The first-order valence-corrected chi connectivity index (χ1v) is 10.3. The van der Waals surface area contributed by atoms with Gasteiger partial charge in [-0.25, -0.2) is 19.2 Å². The molecule has 2 aromatic heterocycles. The van der Waals surface area contributed by atoms with Crippen LogP contribution in [0, 0.1) is 11.7 Å². The number of carbonyl (C=O) groups excluding carboxylic acids is 2. The molecule has 0 bridgehead atoms. The Balaban J connectivity index is 1.78. The molecule has 8 nitrogen and oxygen atoms in total. The summed E-state index contributed by atoms with van der Waals surface area (Å²) in [5.41, 5.74) is 2.44. The van der Waals surface area contributed by atoms with E-state index in [0.717, 1.165) is 0 Å². The second kappa shape index (κ2) is 8.41. The molecular weight excluding hydrogens is 415 g/mol. The number of nitrogens with zero attached hydrogens (tertiary/aromatic N) is 3. The fraction of sp³-hybridized carbons (Fsp3) is 0.304. The van der Waals surface area contributed by atoms with Crippen LogP contribution in [0.3, 0.4) is 0 Å². The van der Waals surface area contributed by atoms with Crippen molar-refractivity contribution in [3.8, 4) is 17.1 Å². The van der Waals surface area contributed by atoms with Gasteiger partial charge in [0.25, 0.3) is 5.91 Å². The third kappa shape index (κ3) is 3.70. The van der Waals surface area contributed by atoms with E-state index in [1.54, 1.807) is 41.2 Å². The number of fused-ring (bicyclic) bond motifs is 1. The summed E-state index contributed by atoms with van der Waals surface area (Å²) >= 11 is 0. The molecule has 0 radical (unpaired) electrons. The topological polar surface area (TPSA) is 95.3 Å². The third-order valence-electron chi connectivity index (χ3n) is 5.47. The standard InChI is InChI=1S/C23H23FN4O4/c1-5-28-11-25-17-9-7-14(19(24)20(17)28)16-8-6-13(22(26-16)31-4)15(12(2)3)10-18-21(29)27-23(30)32-18/h6-12,15H,5H2,1-4H3,(H,27,29,30). The highest BCUT2D eigenvalue weighted by molar-refractivity contribution is 6.07. The molecule has 0 aliphatic carbocycles. The molecule has 1 aliphatic rings. The fourth-order valence-electron chi connectivity index (χ4n) is 3.82. The number of cyclic esters (lactones) is 1. The van der Waals surface area contributed by atoms with Gasteiger partial charge in [0.05, 0.1) is 24.6 Å². The normalized spacial score (nSPS) is 16.0. The van der Waals surface area contributed by atoms with E-state index in [9.17, 15) is 9.59 Å². The molecule has 0 saturated carbocycles. The van der Waals surface area contributed by atoms with Gasteiger partial charge in [-0.05, 0) is 37.1 Å². The Kier molecular flexibility index (Phi) is 5.65. The number of rotatable bonds is 6. The summed E-state index contributed by atoms with van der Waals surface area (Å²) in [6.07, 6.45) is 2.39. The quantitative estimate of drug-likeness (QED) is 0.581. The zero-order valence-electron chi connectivity index (χ0n) is 18.2. The molecule has 3 aromatic rings. The molecule has 32 heavy (non-hydrogen) atoms. The van der Waals surface area contributed by atoms with E-state index in [1.165, 1.54) is 7.11 Å². The van der Waals surface area contributed by atoms with Crippen molar-refractivity contribution in [1.29, 1.82) is 0 Å². The van der Waals surface area contributed by atoms with Gasteiger partial charge >= 0.3 is 6.09 Å². The highest BCUT2D eigenvalue weighted by Crippen LogP contribution is 2.36. The van der Waals surface area contributed by atoms with E-state index < -0.39 is 17.8 Å². The van der Waals surface area contributed by atoms with Crippen LogP contribution < -0.4 is 10.1 Å². The summed E-state index contributed by atoms with van der Waals surface area (Å²) in [6.45, 7) is 6.44. The molecule has 4 rings (SSSR count). The van der Waals surface area contributed by atoms with Crippen molar-refractivity contribution >= 4 is 23.0 Å². The van der Waals surface area contributed by atoms with Gasteiger partial charge < -0.3 is 14.0 Å². The van der Waals surface area contributed by atoms with Crippen molar-refractivity contribution < 1.29 is 23.5 Å². The lowest BCUT2D eigenvalue weighted by molar-refractivity contribution is -0.116. The zero-order chi connectivity index (χ0) is 23.0. The number of pyridine rings is 1. The molecule has 1 saturated heterocycles. The van der Waals surface area contributed by atoms with Crippen LogP contribution in [0.25, 0.3) is 22.3 Å². The Morgan fingerprint density at radius 1 is 1.25 bits per heavy atom. The SMILES string of the molecule is CCn1cnc2ccc(-c3ccc(C(C=C4OC(=O)NC4=O)C(C)C)c(OC)n3)c(F)c21. The van der Waals surface area contributed by atoms with Gasteiger partial charge in [0, 0.05) is 23.6 Å². The summed E-state index contributed by atoms with van der Waals surface area (Å²) in [5.74, 6) is -1.06. The van der Waals surface area contributed by atoms with Crippen molar-refractivity contribution in [3.63, 3.8) is 0 Å². The van der Waals surface area contributed by atoms with Gasteiger partial charge in [0.2, 0.25) is 5.88 Å². The first-order chi connectivity index (χ1) is 15.3. The van der Waals surface area contributed by atoms with Crippen LogP contribution in [-0.2, 0) is 16.1 Å². The largest absolute Gasteiger partial charge is 0.481 e. The Morgan fingerprint density at radius 2 is 2.03 bits per heavy atom. The fourth-order valence-corrected chi connectivity index (χ4v) is 3.82. The van der Waals surface area contributed by atoms with Crippen molar-refractivity contribution in [2.75, 3.05) is 7.11 Å². The van der Waals surface area contributed by atoms with Crippen LogP contribution in [0.15, 0.2) is 42.4 Å². The molecule has 1 unspecified atom stereocenters. The minimum Gasteiger partial charge on any atom is -0.481 e. The molecular formula is C23H23FN4O4. The van der Waals surface area contributed by atoms with Gasteiger partial charge in [-0.1, -0.05) is 19.9 Å². The summed E-state index contributed by atoms with van der Waals surface area (Å²) in [7, 11) is 1.48. The van der Waals surface area contributed by atoms with Gasteiger partial charge in [-0.3, -0.25) is 10.1 Å². The lowest BCUT2D eigenvalue weighted by Crippen LogP contribution is -2.19. The first kappa shape index (κ1) is 21.5. The van der Waals surface area contributed by atoms with Crippen LogP contribution >= 0.6 is 0 Å². The summed E-state index contributed by atoms with van der Waals surface area (Å²) < 4.78 is 27.6. The minimum atomic E-state index is -0.804.